The molecule has 0 saturated heterocycles. The van der Waals surface area contributed by atoms with E-state index in [2.05, 4.69) is 10.3 Å². The molecule has 0 bridgehead atoms. The van der Waals surface area contributed by atoms with Crippen molar-refractivity contribution in [3.63, 3.8) is 0 Å². The Morgan fingerprint density at radius 1 is 1.10 bits per heavy atom. The molecule has 1 aromatic heterocycles. The number of nitrogens with zero attached hydrogens (tertiary/aromatic N) is 2. The minimum Gasteiger partial charge on any atom is -0.497 e. The maximum Gasteiger partial charge on any atom is 0.243 e. The van der Waals surface area contributed by atoms with Gasteiger partial charge in [0.25, 0.3) is 0 Å². The van der Waals surface area contributed by atoms with Crippen LogP contribution in [0.5, 0.6) is 5.75 Å². The van der Waals surface area contributed by atoms with Crippen molar-refractivity contribution in [1.82, 2.24) is 9.29 Å². The second-order valence-electron chi connectivity index (χ2n) is 6.66. The minimum absolute atomic E-state index is 0.00356. The number of rotatable bonds is 8. The van der Waals surface area contributed by atoms with Crippen molar-refractivity contribution in [3.8, 4) is 17.0 Å². The Morgan fingerprint density at radius 2 is 1.74 bits per heavy atom. The van der Waals surface area contributed by atoms with E-state index in [9.17, 15) is 18.0 Å². The van der Waals surface area contributed by atoms with Gasteiger partial charge in [0.15, 0.2) is 10.9 Å². The lowest BCUT2D eigenvalue weighted by atomic mass is 10.2. The molecule has 3 rings (SSSR count). The third-order valence-corrected chi connectivity index (χ3v) is 7.05. The van der Waals surface area contributed by atoms with Crippen LogP contribution in [0.4, 0.5) is 5.13 Å². The second kappa shape index (κ2) is 9.38. The van der Waals surface area contributed by atoms with Gasteiger partial charge in [0.2, 0.25) is 15.9 Å². The van der Waals surface area contributed by atoms with Gasteiger partial charge in [-0.05, 0) is 43.3 Å². The fourth-order valence-electron chi connectivity index (χ4n) is 2.71. The molecule has 0 spiro atoms. The second-order valence-corrected chi connectivity index (χ2v) is 9.56. The number of ketones is 1. The summed E-state index contributed by atoms with van der Waals surface area (Å²) in [7, 11) is -0.976. The van der Waals surface area contributed by atoms with Gasteiger partial charge in [-0.1, -0.05) is 12.1 Å². The third-order valence-electron chi connectivity index (χ3n) is 4.47. The molecule has 10 heteroatoms. The van der Waals surface area contributed by atoms with Gasteiger partial charge in [0, 0.05) is 23.6 Å². The van der Waals surface area contributed by atoms with E-state index in [4.69, 9.17) is 4.74 Å². The number of hydrogen-bond donors (Lipinski definition) is 1. The summed E-state index contributed by atoms with van der Waals surface area (Å²) < 4.78 is 31.4. The van der Waals surface area contributed by atoms with Crippen molar-refractivity contribution in [2.45, 2.75) is 11.8 Å². The van der Waals surface area contributed by atoms with Gasteiger partial charge in [0.1, 0.15) is 5.75 Å². The molecule has 1 N–H and O–H groups in total. The maximum atomic E-state index is 12.7. The molecular weight excluding hydrogens is 438 g/mol. The van der Waals surface area contributed by atoms with E-state index in [1.807, 2.05) is 24.3 Å². The molecule has 8 nitrogen and oxygen atoms in total. The molecule has 0 aliphatic heterocycles. The van der Waals surface area contributed by atoms with Gasteiger partial charge < -0.3 is 10.1 Å². The molecule has 0 saturated carbocycles. The van der Waals surface area contributed by atoms with Crippen LogP contribution in [-0.4, -0.2) is 50.1 Å². The largest absolute Gasteiger partial charge is 0.497 e. The average Bonchev–Trinajstić information content (AvgIpc) is 3.22. The third kappa shape index (κ3) is 5.35. The van der Waals surface area contributed by atoms with Gasteiger partial charge in [-0.15, -0.1) is 11.3 Å². The summed E-state index contributed by atoms with van der Waals surface area (Å²) in [5, 5.41) is 4.79. The molecule has 0 aliphatic rings. The van der Waals surface area contributed by atoms with Crippen molar-refractivity contribution in [1.29, 1.82) is 0 Å². The number of aromatic nitrogens is 1. The Hall–Kier alpha value is -3.08. The highest BCUT2D eigenvalue weighted by Crippen LogP contribution is 2.26. The van der Waals surface area contributed by atoms with Crippen LogP contribution in [0.15, 0.2) is 58.8 Å². The lowest BCUT2D eigenvalue weighted by Gasteiger charge is -2.16. The number of thiazole rings is 1. The van der Waals surface area contributed by atoms with Crippen molar-refractivity contribution in [3.05, 3.63) is 59.5 Å². The maximum absolute atomic E-state index is 12.7. The molecule has 0 unspecified atom stereocenters. The smallest absolute Gasteiger partial charge is 0.243 e. The van der Waals surface area contributed by atoms with Crippen molar-refractivity contribution in [2.75, 3.05) is 26.0 Å². The highest BCUT2D eigenvalue weighted by Gasteiger charge is 2.23. The van der Waals surface area contributed by atoms with Crippen molar-refractivity contribution < 1.29 is 22.7 Å². The lowest BCUT2D eigenvalue weighted by Crippen LogP contribution is -2.34. The standard InChI is InChI=1S/C21H21N3O5S2/c1-14(25)15-6-10-18(11-7-15)31(27,28)24(2)12-20(26)23-21-22-19(13-30-21)16-4-8-17(29-3)9-5-16/h4-11,13H,12H2,1-3H3,(H,22,23,26). The van der Waals surface area contributed by atoms with E-state index in [1.165, 1.54) is 49.6 Å². The highest BCUT2D eigenvalue weighted by molar-refractivity contribution is 7.89. The number of ether oxygens (including phenoxy) is 1. The van der Waals surface area contributed by atoms with Crippen LogP contribution < -0.4 is 10.1 Å². The fourth-order valence-corrected chi connectivity index (χ4v) is 4.58. The topological polar surface area (TPSA) is 106 Å². The minimum atomic E-state index is -3.88. The van der Waals surface area contributed by atoms with Gasteiger partial charge in [-0.2, -0.15) is 4.31 Å². The lowest BCUT2D eigenvalue weighted by molar-refractivity contribution is -0.116. The Balaban J connectivity index is 1.64. The zero-order valence-corrected chi connectivity index (χ0v) is 18.8. The molecule has 162 valence electrons. The van der Waals surface area contributed by atoms with Gasteiger partial charge >= 0.3 is 0 Å². The number of likely N-dealkylation sites (N-methyl/N-ethyl adjacent to an activating group) is 1. The van der Waals surface area contributed by atoms with E-state index in [1.54, 1.807) is 12.5 Å². The predicted molar refractivity (Wildman–Crippen MR) is 119 cm³/mol. The van der Waals surface area contributed by atoms with E-state index >= 15 is 0 Å². The molecule has 0 atom stereocenters. The Bertz CT molecular complexity index is 1190. The molecule has 1 amide bonds. The van der Waals surface area contributed by atoms with Crippen LogP contribution in [-0.2, 0) is 14.8 Å². The fraction of sp³-hybridized carbons (Fsp3) is 0.190. The first kappa shape index (κ1) is 22.6. The van der Waals surface area contributed by atoms with E-state index in [0.29, 0.717) is 16.4 Å². The number of Topliss-reactive ketones (excluding diaryl/α,β-unsaturated/α-hetero) is 1. The summed E-state index contributed by atoms with van der Waals surface area (Å²) in [6.07, 6.45) is 0. The number of benzene rings is 2. The van der Waals surface area contributed by atoms with Crippen LogP contribution >= 0.6 is 11.3 Å². The monoisotopic (exact) mass is 459 g/mol. The van der Waals surface area contributed by atoms with E-state index in [0.717, 1.165) is 15.6 Å². The predicted octanol–water partition coefficient (Wildman–Crippen LogP) is 3.28. The van der Waals surface area contributed by atoms with Gasteiger partial charge in [0.05, 0.1) is 24.2 Å². The quantitative estimate of drug-likeness (QED) is 0.518. The number of carbonyl (C=O) groups excluding carboxylic acids is 2. The molecule has 3 aromatic rings. The average molecular weight is 460 g/mol. The summed E-state index contributed by atoms with van der Waals surface area (Å²) in [6, 6.07) is 12.9. The summed E-state index contributed by atoms with van der Waals surface area (Å²) in [6.45, 7) is 1.02. The number of sulfonamides is 1. The molecular formula is C21H21N3O5S2. The van der Waals surface area contributed by atoms with Crippen LogP contribution in [0.3, 0.4) is 0 Å². The Labute approximate surface area is 184 Å². The summed E-state index contributed by atoms with van der Waals surface area (Å²) >= 11 is 1.24. The van der Waals surface area contributed by atoms with Gasteiger partial charge in [-0.25, -0.2) is 13.4 Å². The normalized spacial score (nSPS) is 11.4. The first-order valence-electron chi connectivity index (χ1n) is 9.18. The van der Waals surface area contributed by atoms with Crippen LogP contribution in [0.2, 0.25) is 0 Å². The zero-order chi connectivity index (χ0) is 22.6. The molecule has 1 heterocycles. The van der Waals surface area contributed by atoms with Gasteiger partial charge in [-0.3, -0.25) is 9.59 Å². The Kier molecular flexibility index (Phi) is 6.84. The number of carbonyl (C=O) groups is 2. The highest BCUT2D eigenvalue weighted by atomic mass is 32.2. The summed E-state index contributed by atoms with van der Waals surface area (Å²) in [5.41, 5.74) is 1.97. The van der Waals surface area contributed by atoms with Crippen LogP contribution in [0, 0.1) is 0 Å². The first-order chi connectivity index (χ1) is 14.7. The molecule has 31 heavy (non-hydrogen) atoms. The number of methoxy groups -OCH3 is 1. The van der Waals surface area contributed by atoms with Crippen LogP contribution in [0.1, 0.15) is 17.3 Å². The Morgan fingerprint density at radius 3 is 2.32 bits per heavy atom. The summed E-state index contributed by atoms with van der Waals surface area (Å²) in [4.78, 5) is 28.1. The SMILES string of the molecule is COc1ccc(-c2csc(NC(=O)CN(C)S(=O)(=O)c3ccc(C(C)=O)cc3)n2)cc1. The number of nitrogens with one attached hydrogen (secondary N) is 1. The molecule has 0 fully saturated rings. The van der Waals surface area contributed by atoms with Crippen molar-refractivity contribution >= 4 is 38.2 Å². The van der Waals surface area contributed by atoms with E-state index in [-0.39, 0.29) is 17.2 Å². The zero-order valence-electron chi connectivity index (χ0n) is 17.2. The number of amides is 1. The molecule has 0 aliphatic carbocycles. The first-order valence-corrected chi connectivity index (χ1v) is 11.5. The van der Waals surface area contributed by atoms with Crippen molar-refractivity contribution in [2.24, 2.45) is 0 Å². The van der Waals surface area contributed by atoms with Crippen LogP contribution in [0.25, 0.3) is 11.3 Å². The molecule has 2 aromatic carbocycles. The number of hydrogen-bond acceptors (Lipinski definition) is 7. The summed E-state index contributed by atoms with van der Waals surface area (Å²) in [5.74, 6) is 0.0592. The molecule has 0 radical (unpaired) electrons. The van der Waals surface area contributed by atoms with E-state index < -0.39 is 15.9 Å². The number of anilines is 1.